The summed E-state index contributed by atoms with van der Waals surface area (Å²) in [6.45, 7) is 0.424. The van der Waals surface area contributed by atoms with Gasteiger partial charge in [-0.1, -0.05) is 46.5 Å². The molecule has 0 saturated carbocycles. The van der Waals surface area contributed by atoms with Crippen LogP contribution in [0.1, 0.15) is 21.7 Å². The Balaban J connectivity index is 1.53. The van der Waals surface area contributed by atoms with Gasteiger partial charge in [-0.2, -0.15) is 0 Å². The normalized spacial score (nSPS) is 17.0. The van der Waals surface area contributed by atoms with E-state index in [1.54, 1.807) is 12.1 Å². The SMILES string of the molecule is Bc1cccc(C2=NOC(CNC(=O)c3ccc(Cl)s3)C2)c1. The molecule has 112 valence electrons. The minimum Gasteiger partial charge on any atom is -0.390 e. The Morgan fingerprint density at radius 1 is 1.45 bits per heavy atom. The third-order valence-electron chi connectivity index (χ3n) is 3.37. The van der Waals surface area contributed by atoms with Gasteiger partial charge in [0, 0.05) is 6.42 Å². The van der Waals surface area contributed by atoms with Crippen molar-refractivity contribution in [1.29, 1.82) is 0 Å². The lowest BCUT2D eigenvalue weighted by Gasteiger charge is -2.09. The number of benzene rings is 1. The quantitative estimate of drug-likeness (QED) is 0.864. The fourth-order valence-electron chi connectivity index (χ4n) is 2.26. The van der Waals surface area contributed by atoms with Crippen LogP contribution in [0.4, 0.5) is 0 Å². The highest BCUT2D eigenvalue weighted by Gasteiger charge is 2.23. The van der Waals surface area contributed by atoms with Gasteiger partial charge in [-0.3, -0.25) is 4.79 Å². The first-order valence-corrected chi connectivity index (χ1v) is 8.14. The van der Waals surface area contributed by atoms with Crippen LogP contribution >= 0.6 is 22.9 Å². The zero-order valence-electron chi connectivity index (χ0n) is 12.0. The van der Waals surface area contributed by atoms with E-state index in [0.717, 1.165) is 11.3 Å². The van der Waals surface area contributed by atoms with E-state index in [0.29, 0.717) is 22.2 Å². The monoisotopic (exact) mass is 332 g/mol. The van der Waals surface area contributed by atoms with Gasteiger partial charge >= 0.3 is 0 Å². The molecule has 1 atom stereocenters. The number of carbonyl (C=O) groups is 1. The molecule has 3 rings (SSSR count). The van der Waals surface area contributed by atoms with E-state index in [1.165, 1.54) is 16.8 Å². The summed E-state index contributed by atoms with van der Waals surface area (Å²) in [6, 6.07) is 11.6. The van der Waals surface area contributed by atoms with Gasteiger partial charge in [0.25, 0.3) is 5.91 Å². The molecule has 0 spiro atoms. The van der Waals surface area contributed by atoms with E-state index in [-0.39, 0.29) is 12.0 Å². The summed E-state index contributed by atoms with van der Waals surface area (Å²) >= 11 is 7.09. The molecule has 1 aromatic carbocycles. The van der Waals surface area contributed by atoms with E-state index in [1.807, 2.05) is 26.0 Å². The zero-order chi connectivity index (χ0) is 15.5. The van der Waals surface area contributed by atoms with Gasteiger partial charge < -0.3 is 10.2 Å². The highest BCUT2D eigenvalue weighted by atomic mass is 35.5. The molecule has 7 heteroatoms. The topological polar surface area (TPSA) is 50.7 Å². The minimum atomic E-state index is -0.135. The van der Waals surface area contributed by atoms with Crippen molar-refractivity contribution in [2.45, 2.75) is 12.5 Å². The molecule has 0 aliphatic carbocycles. The fraction of sp³-hybridized carbons (Fsp3) is 0.200. The smallest absolute Gasteiger partial charge is 0.261 e. The molecule has 1 aliphatic rings. The van der Waals surface area contributed by atoms with Crippen molar-refractivity contribution >= 4 is 47.9 Å². The van der Waals surface area contributed by atoms with Crippen molar-refractivity contribution in [3.63, 3.8) is 0 Å². The summed E-state index contributed by atoms with van der Waals surface area (Å²) in [4.78, 5) is 18.0. The Bertz CT molecular complexity index is 732. The molecule has 1 aliphatic heterocycles. The summed E-state index contributed by atoms with van der Waals surface area (Å²) in [5.74, 6) is -0.135. The van der Waals surface area contributed by atoms with Crippen LogP contribution in [0.5, 0.6) is 0 Å². The Hall–Kier alpha value is -1.79. The number of halogens is 1. The minimum absolute atomic E-state index is 0.130. The molecular formula is C15H14BClN2O2S. The van der Waals surface area contributed by atoms with Crippen LogP contribution in [0.15, 0.2) is 41.6 Å². The van der Waals surface area contributed by atoms with Crippen LogP contribution in [0.2, 0.25) is 4.34 Å². The average Bonchev–Trinajstić information content (AvgIpc) is 3.14. The largest absolute Gasteiger partial charge is 0.390 e. The summed E-state index contributed by atoms with van der Waals surface area (Å²) in [6.07, 6.45) is 0.560. The Labute approximate surface area is 138 Å². The molecule has 2 heterocycles. The number of oxime groups is 1. The van der Waals surface area contributed by atoms with Gasteiger partial charge in [-0.15, -0.1) is 11.3 Å². The number of thiophene rings is 1. The summed E-state index contributed by atoms with van der Waals surface area (Å²) in [5.41, 5.74) is 3.17. The number of hydrogen-bond acceptors (Lipinski definition) is 4. The lowest BCUT2D eigenvalue weighted by Crippen LogP contribution is -2.31. The molecule has 2 aromatic rings. The molecule has 1 unspecified atom stereocenters. The molecule has 1 aromatic heterocycles. The maximum atomic E-state index is 12.0. The van der Waals surface area contributed by atoms with Crippen LogP contribution in [0.3, 0.4) is 0 Å². The predicted molar refractivity (Wildman–Crippen MR) is 92.3 cm³/mol. The Kier molecular flexibility index (Phi) is 4.50. The van der Waals surface area contributed by atoms with Crippen molar-refractivity contribution in [2.24, 2.45) is 5.16 Å². The first kappa shape index (κ1) is 15.1. The second-order valence-electron chi connectivity index (χ2n) is 5.15. The maximum absolute atomic E-state index is 12.0. The summed E-state index contributed by atoms with van der Waals surface area (Å²) in [5, 5.41) is 6.98. The van der Waals surface area contributed by atoms with Crippen LogP contribution < -0.4 is 10.8 Å². The summed E-state index contributed by atoms with van der Waals surface area (Å²) in [7, 11) is 2.05. The highest BCUT2D eigenvalue weighted by molar-refractivity contribution is 7.17. The van der Waals surface area contributed by atoms with E-state index >= 15 is 0 Å². The number of nitrogens with zero attached hydrogens (tertiary/aromatic N) is 1. The van der Waals surface area contributed by atoms with Gasteiger partial charge in [-0.05, 0) is 17.7 Å². The van der Waals surface area contributed by atoms with Crippen molar-refractivity contribution in [3.8, 4) is 0 Å². The molecular weight excluding hydrogens is 319 g/mol. The van der Waals surface area contributed by atoms with Gasteiger partial charge in [0.1, 0.15) is 14.0 Å². The fourth-order valence-corrected chi connectivity index (χ4v) is 3.22. The number of carbonyl (C=O) groups excluding carboxylic acids is 1. The second-order valence-corrected chi connectivity index (χ2v) is 6.87. The number of hydrogen-bond donors (Lipinski definition) is 1. The van der Waals surface area contributed by atoms with Crippen LogP contribution in [-0.2, 0) is 4.84 Å². The number of nitrogens with one attached hydrogen (secondary N) is 1. The van der Waals surface area contributed by atoms with Crippen molar-refractivity contribution in [2.75, 3.05) is 6.54 Å². The molecule has 4 nitrogen and oxygen atoms in total. The third kappa shape index (κ3) is 3.51. The van der Waals surface area contributed by atoms with E-state index < -0.39 is 0 Å². The molecule has 0 fully saturated rings. The molecule has 22 heavy (non-hydrogen) atoms. The lowest BCUT2D eigenvalue weighted by atomic mass is 9.92. The van der Waals surface area contributed by atoms with Gasteiger partial charge in [0.2, 0.25) is 0 Å². The molecule has 1 N–H and O–H groups in total. The maximum Gasteiger partial charge on any atom is 0.261 e. The highest BCUT2D eigenvalue weighted by Crippen LogP contribution is 2.21. The molecule has 0 saturated heterocycles. The van der Waals surface area contributed by atoms with Gasteiger partial charge in [0.05, 0.1) is 21.5 Å². The first-order chi connectivity index (χ1) is 10.6. The first-order valence-electron chi connectivity index (χ1n) is 6.95. The van der Waals surface area contributed by atoms with Crippen molar-refractivity contribution in [1.82, 2.24) is 5.32 Å². The molecule has 0 radical (unpaired) electrons. The van der Waals surface area contributed by atoms with Gasteiger partial charge in [-0.25, -0.2) is 0 Å². The second kappa shape index (κ2) is 6.54. The van der Waals surface area contributed by atoms with Crippen molar-refractivity contribution in [3.05, 3.63) is 51.2 Å². The number of amides is 1. The predicted octanol–water partition coefficient (Wildman–Crippen LogP) is 1.58. The lowest BCUT2D eigenvalue weighted by molar-refractivity contribution is 0.0755. The van der Waals surface area contributed by atoms with E-state index in [2.05, 4.69) is 16.5 Å². The third-order valence-corrected chi connectivity index (χ3v) is 4.60. The molecule has 1 amide bonds. The zero-order valence-corrected chi connectivity index (χ0v) is 13.6. The standard InChI is InChI=1S/C15H14BClN2O2S/c16-10-3-1-2-9(6-10)12-7-11(21-19-12)8-18-15(20)13-4-5-14(17)22-13/h1-6,11H,7-8,16H2,(H,18,20). The van der Waals surface area contributed by atoms with Gasteiger partial charge in [0.15, 0.2) is 0 Å². The Morgan fingerprint density at radius 3 is 3.05 bits per heavy atom. The van der Waals surface area contributed by atoms with Crippen LogP contribution in [0, 0.1) is 0 Å². The summed E-state index contributed by atoms with van der Waals surface area (Å²) < 4.78 is 0.604. The molecule has 0 bridgehead atoms. The van der Waals surface area contributed by atoms with Crippen molar-refractivity contribution < 1.29 is 9.63 Å². The average molecular weight is 333 g/mol. The van der Waals surface area contributed by atoms with Crippen LogP contribution in [0.25, 0.3) is 0 Å². The van der Waals surface area contributed by atoms with E-state index in [9.17, 15) is 4.79 Å². The van der Waals surface area contributed by atoms with Crippen LogP contribution in [-0.4, -0.2) is 32.1 Å². The Morgan fingerprint density at radius 2 is 2.32 bits per heavy atom. The van der Waals surface area contributed by atoms with E-state index in [4.69, 9.17) is 16.4 Å². The number of rotatable bonds is 4.